The maximum absolute atomic E-state index is 13.4. The third-order valence-electron chi connectivity index (χ3n) is 5.42. The fourth-order valence-electron chi connectivity index (χ4n) is 3.72. The predicted octanol–water partition coefficient (Wildman–Crippen LogP) is 4.05. The summed E-state index contributed by atoms with van der Waals surface area (Å²) in [7, 11) is 0. The van der Waals surface area contributed by atoms with Crippen LogP contribution in [-0.4, -0.2) is 47.4 Å². The average Bonchev–Trinajstić information content (AvgIpc) is 3.20. The van der Waals surface area contributed by atoms with E-state index in [1.165, 1.54) is 10.4 Å². The minimum absolute atomic E-state index is 0.00254. The summed E-state index contributed by atoms with van der Waals surface area (Å²) in [5.41, 5.74) is 2.33. The molecule has 3 amide bonds. The van der Waals surface area contributed by atoms with Crippen LogP contribution in [0.25, 0.3) is 0 Å². The Kier molecular flexibility index (Phi) is 6.73. The quantitative estimate of drug-likeness (QED) is 0.797. The van der Waals surface area contributed by atoms with E-state index in [0.29, 0.717) is 13.1 Å². The van der Waals surface area contributed by atoms with Crippen LogP contribution in [0.4, 0.5) is 4.79 Å². The number of benzene rings is 1. The number of amides is 3. The van der Waals surface area contributed by atoms with Gasteiger partial charge < -0.3 is 15.1 Å². The lowest BCUT2D eigenvalue weighted by Crippen LogP contribution is -2.51. The molecule has 1 aliphatic heterocycles. The Hall–Kier alpha value is -2.34. The number of urea groups is 1. The Labute approximate surface area is 171 Å². The highest BCUT2D eigenvalue weighted by Gasteiger charge is 2.34. The first-order chi connectivity index (χ1) is 13.6. The normalized spacial score (nSPS) is 17.0. The van der Waals surface area contributed by atoms with Crippen LogP contribution in [0.2, 0.25) is 0 Å². The molecule has 2 heterocycles. The summed E-state index contributed by atoms with van der Waals surface area (Å²) >= 11 is 1.76. The summed E-state index contributed by atoms with van der Waals surface area (Å²) < 4.78 is 0. The Morgan fingerprint density at radius 3 is 2.68 bits per heavy atom. The fraction of sp³-hybridized carbons (Fsp3) is 0.455. The molecule has 1 aliphatic rings. The third-order valence-corrected chi connectivity index (χ3v) is 6.42. The number of carbonyl (C=O) groups excluding carboxylic acids is 2. The van der Waals surface area contributed by atoms with E-state index in [-0.39, 0.29) is 30.6 Å². The standard InChI is InChI=1S/C22H29N3O2S/c1-4-16(3)25(22(27)23-5-2)15-20(26)24-13-11-19-18(12-14-28-19)21(24)17-9-7-6-8-10-17/h6-10,12,14,16,21H,4-5,11,13,15H2,1-3H3,(H,23,27). The van der Waals surface area contributed by atoms with Gasteiger partial charge in [-0.05, 0) is 49.3 Å². The van der Waals surface area contributed by atoms with Crippen molar-refractivity contribution in [2.45, 2.75) is 45.7 Å². The molecule has 0 fully saturated rings. The molecule has 0 bridgehead atoms. The van der Waals surface area contributed by atoms with Gasteiger partial charge in [0.1, 0.15) is 6.54 Å². The molecule has 0 radical (unpaired) electrons. The molecule has 2 atom stereocenters. The maximum Gasteiger partial charge on any atom is 0.318 e. The minimum Gasteiger partial charge on any atom is -0.338 e. The lowest BCUT2D eigenvalue weighted by Gasteiger charge is -2.38. The van der Waals surface area contributed by atoms with Crippen LogP contribution in [-0.2, 0) is 11.2 Å². The molecular formula is C22H29N3O2S. The van der Waals surface area contributed by atoms with Crippen molar-refractivity contribution in [1.29, 1.82) is 0 Å². The van der Waals surface area contributed by atoms with E-state index in [9.17, 15) is 9.59 Å². The van der Waals surface area contributed by atoms with Gasteiger partial charge in [0.05, 0.1) is 6.04 Å². The van der Waals surface area contributed by atoms with Gasteiger partial charge in [-0.1, -0.05) is 37.3 Å². The summed E-state index contributed by atoms with van der Waals surface area (Å²) in [6, 6.07) is 12.1. The van der Waals surface area contributed by atoms with Crippen molar-refractivity contribution in [2.75, 3.05) is 19.6 Å². The first-order valence-corrected chi connectivity index (χ1v) is 10.9. The van der Waals surface area contributed by atoms with Crippen LogP contribution >= 0.6 is 11.3 Å². The van der Waals surface area contributed by atoms with Gasteiger partial charge in [-0.25, -0.2) is 4.79 Å². The molecular weight excluding hydrogens is 370 g/mol. The molecule has 5 nitrogen and oxygen atoms in total. The second kappa shape index (κ2) is 9.24. The maximum atomic E-state index is 13.4. The third kappa shape index (κ3) is 4.22. The molecule has 2 unspecified atom stereocenters. The highest BCUT2D eigenvalue weighted by Crippen LogP contribution is 2.37. The topological polar surface area (TPSA) is 52.7 Å². The van der Waals surface area contributed by atoms with E-state index in [4.69, 9.17) is 0 Å². The van der Waals surface area contributed by atoms with Crippen LogP contribution < -0.4 is 5.32 Å². The zero-order valence-corrected chi connectivity index (χ0v) is 17.7. The molecule has 0 saturated carbocycles. The summed E-state index contributed by atoms with van der Waals surface area (Å²) in [5.74, 6) is -0.00254. The Morgan fingerprint density at radius 2 is 2.00 bits per heavy atom. The molecule has 0 saturated heterocycles. The van der Waals surface area contributed by atoms with Crippen LogP contribution in [0.15, 0.2) is 41.8 Å². The van der Waals surface area contributed by atoms with Gasteiger partial charge >= 0.3 is 6.03 Å². The number of nitrogens with one attached hydrogen (secondary N) is 1. The lowest BCUT2D eigenvalue weighted by molar-refractivity contribution is -0.134. The molecule has 1 N–H and O–H groups in total. The van der Waals surface area contributed by atoms with Crippen molar-refractivity contribution < 1.29 is 9.59 Å². The Morgan fingerprint density at radius 1 is 1.25 bits per heavy atom. The van der Waals surface area contributed by atoms with E-state index in [1.54, 1.807) is 16.2 Å². The van der Waals surface area contributed by atoms with E-state index < -0.39 is 0 Å². The molecule has 2 aromatic rings. The van der Waals surface area contributed by atoms with E-state index >= 15 is 0 Å². The van der Waals surface area contributed by atoms with Gasteiger partial charge in [-0.2, -0.15) is 0 Å². The van der Waals surface area contributed by atoms with Gasteiger partial charge in [-0.3, -0.25) is 4.79 Å². The number of fused-ring (bicyclic) bond motifs is 1. The van der Waals surface area contributed by atoms with E-state index in [0.717, 1.165) is 18.4 Å². The zero-order valence-electron chi connectivity index (χ0n) is 16.9. The number of hydrogen-bond acceptors (Lipinski definition) is 3. The summed E-state index contributed by atoms with van der Waals surface area (Å²) in [4.78, 5) is 30.8. The average molecular weight is 400 g/mol. The number of thiophene rings is 1. The van der Waals surface area contributed by atoms with Crippen LogP contribution in [0.3, 0.4) is 0 Å². The van der Waals surface area contributed by atoms with Gasteiger partial charge in [0.25, 0.3) is 0 Å². The van der Waals surface area contributed by atoms with Crippen molar-refractivity contribution in [3.8, 4) is 0 Å². The first kappa shape index (κ1) is 20.4. The van der Waals surface area contributed by atoms with Crippen molar-refractivity contribution in [3.63, 3.8) is 0 Å². The van der Waals surface area contributed by atoms with Crippen molar-refractivity contribution in [3.05, 3.63) is 57.8 Å². The van der Waals surface area contributed by atoms with Crippen molar-refractivity contribution in [2.24, 2.45) is 0 Å². The highest BCUT2D eigenvalue weighted by molar-refractivity contribution is 7.10. The minimum atomic E-state index is -0.172. The first-order valence-electron chi connectivity index (χ1n) is 10.0. The second-order valence-corrected chi connectivity index (χ2v) is 8.17. The van der Waals surface area contributed by atoms with Crippen LogP contribution in [0, 0.1) is 0 Å². The molecule has 6 heteroatoms. The predicted molar refractivity (Wildman–Crippen MR) is 114 cm³/mol. The number of hydrogen-bond donors (Lipinski definition) is 1. The van der Waals surface area contributed by atoms with E-state index in [2.05, 4.69) is 28.9 Å². The largest absolute Gasteiger partial charge is 0.338 e. The SMILES string of the molecule is CCNC(=O)N(CC(=O)N1CCc2sccc2C1c1ccccc1)C(C)CC. The lowest BCUT2D eigenvalue weighted by atomic mass is 9.93. The zero-order chi connectivity index (χ0) is 20.1. The molecule has 1 aromatic carbocycles. The Bertz CT molecular complexity index is 805. The van der Waals surface area contributed by atoms with E-state index in [1.807, 2.05) is 43.9 Å². The number of rotatable bonds is 6. The Balaban J connectivity index is 1.87. The monoisotopic (exact) mass is 399 g/mol. The van der Waals surface area contributed by atoms with Crippen molar-refractivity contribution >= 4 is 23.3 Å². The number of carbonyl (C=O) groups is 2. The fourth-order valence-corrected chi connectivity index (χ4v) is 4.62. The summed E-state index contributed by atoms with van der Waals surface area (Å²) in [6.07, 6.45) is 1.67. The van der Waals surface area contributed by atoms with Crippen molar-refractivity contribution in [1.82, 2.24) is 15.1 Å². The van der Waals surface area contributed by atoms with Gasteiger partial charge in [-0.15, -0.1) is 11.3 Å². The van der Waals surface area contributed by atoms with Crippen LogP contribution in [0.1, 0.15) is 49.2 Å². The molecule has 3 rings (SSSR count). The van der Waals surface area contributed by atoms with Gasteiger partial charge in [0.15, 0.2) is 0 Å². The highest BCUT2D eigenvalue weighted by atomic mass is 32.1. The molecule has 150 valence electrons. The number of nitrogens with zero attached hydrogens (tertiary/aromatic N) is 2. The molecule has 1 aromatic heterocycles. The summed E-state index contributed by atoms with van der Waals surface area (Å²) in [6.45, 7) is 7.24. The van der Waals surface area contributed by atoms with Gasteiger partial charge in [0.2, 0.25) is 5.91 Å². The molecule has 0 spiro atoms. The second-order valence-electron chi connectivity index (χ2n) is 7.17. The van der Waals surface area contributed by atoms with Gasteiger partial charge in [0, 0.05) is 24.0 Å². The van der Waals surface area contributed by atoms with Crippen LogP contribution in [0.5, 0.6) is 0 Å². The molecule has 28 heavy (non-hydrogen) atoms. The summed E-state index contributed by atoms with van der Waals surface area (Å²) in [5, 5.41) is 4.95. The smallest absolute Gasteiger partial charge is 0.318 e. The molecule has 0 aliphatic carbocycles.